The summed E-state index contributed by atoms with van der Waals surface area (Å²) in [6.07, 6.45) is 2.03. The normalized spacial score (nSPS) is 21.9. The molecular formula is C23H24ClFO3. The number of rotatable bonds is 4. The van der Waals surface area contributed by atoms with Crippen molar-refractivity contribution in [2.45, 2.75) is 44.6 Å². The number of hydrogen-bond acceptors (Lipinski definition) is 3. The molecule has 2 aliphatic heterocycles. The van der Waals surface area contributed by atoms with Gasteiger partial charge in [0.15, 0.2) is 6.10 Å². The molecule has 0 radical (unpaired) electrons. The Kier molecular flexibility index (Phi) is 5.19. The maximum atomic E-state index is 15.3. The van der Waals surface area contributed by atoms with E-state index in [2.05, 4.69) is 13.8 Å². The fourth-order valence-electron chi connectivity index (χ4n) is 4.55. The third kappa shape index (κ3) is 3.23. The molecule has 5 heteroatoms. The highest BCUT2D eigenvalue weighted by atomic mass is 35.5. The molecular weight excluding hydrogens is 379 g/mol. The lowest BCUT2D eigenvalue weighted by Crippen LogP contribution is -2.36. The molecule has 2 aromatic rings. The molecule has 0 aromatic heterocycles. The molecule has 2 heterocycles. The summed E-state index contributed by atoms with van der Waals surface area (Å²) >= 11 is 5.95. The lowest BCUT2D eigenvalue weighted by atomic mass is 9.66. The number of ether oxygens (including phenoxy) is 2. The van der Waals surface area contributed by atoms with E-state index < -0.39 is 12.1 Å². The Hall–Kier alpha value is -1.91. The summed E-state index contributed by atoms with van der Waals surface area (Å²) in [5, 5.41) is 0.583. The van der Waals surface area contributed by atoms with Crippen LogP contribution in [0.15, 0.2) is 36.4 Å². The van der Waals surface area contributed by atoms with E-state index in [4.69, 9.17) is 21.1 Å². The van der Waals surface area contributed by atoms with Crippen LogP contribution in [0.2, 0.25) is 5.02 Å². The van der Waals surface area contributed by atoms with Crippen molar-refractivity contribution >= 4 is 17.6 Å². The van der Waals surface area contributed by atoms with Gasteiger partial charge in [-0.15, -0.1) is 0 Å². The van der Waals surface area contributed by atoms with Gasteiger partial charge in [0.2, 0.25) is 0 Å². The van der Waals surface area contributed by atoms with Gasteiger partial charge in [0.1, 0.15) is 5.82 Å². The Balaban J connectivity index is 1.76. The first-order valence-electron chi connectivity index (χ1n) is 9.82. The molecule has 1 fully saturated rings. The molecule has 148 valence electrons. The van der Waals surface area contributed by atoms with Crippen molar-refractivity contribution in [2.24, 2.45) is 5.92 Å². The average Bonchev–Trinajstić information content (AvgIpc) is 3.06. The van der Waals surface area contributed by atoms with Crippen LogP contribution in [0.4, 0.5) is 4.39 Å². The highest BCUT2D eigenvalue weighted by Crippen LogP contribution is 2.45. The Morgan fingerprint density at radius 2 is 1.86 bits per heavy atom. The molecule has 0 spiro atoms. The Bertz CT molecular complexity index is 889. The molecule has 0 bridgehead atoms. The first-order valence-corrected chi connectivity index (χ1v) is 10.2. The van der Waals surface area contributed by atoms with Gasteiger partial charge in [-0.1, -0.05) is 37.6 Å². The van der Waals surface area contributed by atoms with Crippen LogP contribution in [0.3, 0.4) is 0 Å². The van der Waals surface area contributed by atoms with Gasteiger partial charge in [0, 0.05) is 23.8 Å². The van der Waals surface area contributed by atoms with Crippen molar-refractivity contribution in [3.05, 3.63) is 69.5 Å². The Morgan fingerprint density at radius 3 is 2.50 bits per heavy atom. The zero-order chi connectivity index (χ0) is 19.9. The predicted octanol–water partition coefficient (Wildman–Crippen LogP) is 5.83. The monoisotopic (exact) mass is 402 g/mol. The highest BCUT2D eigenvalue weighted by molar-refractivity contribution is 6.30. The number of carbonyl (C=O) groups excluding carboxylic acids is 1. The molecule has 2 aromatic carbocycles. The number of cyclic esters (lactones) is 1. The number of esters is 1. The lowest BCUT2D eigenvalue weighted by Gasteiger charge is -2.40. The van der Waals surface area contributed by atoms with Gasteiger partial charge in [-0.05, 0) is 66.0 Å². The second-order valence-electron chi connectivity index (χ2n) is 7.91. The number of halogens is 2. The molecule has 1 saturated heterocycles. The van der Waals surface area contributed by atoms with E-state index in [0.717, 1.165) is 38.0 Å². The molecule has 2 aliphatic rings. The molecule has 2 atom stereocenters. The summed E-state index contributed by atoms with van der Waals surface area (Å²) in [6, 6.07) is 10.4. The number of benzene rings is 2. The summed E-state index contributed by atoms with van der Waals surface area (Å²) in [5.41, 5.74) is 2.03. The predicted molar refractivity (Wildman–Crippen MR) is 106 cm³/mol. The molecule has 4 rings (SSSR count). The van der Waals surface area contributed by atoms with Crippen LogP contribution in [-0.4, -0.2) is 19.2 Å². The van der Waals surface area contributed by atoms with Crippen molar-refractivity contribution in [1.82, 2.24) is 0 Å². The third-order valence-electron chi connectivity index (χ3n) is 6.53. The lowest BCUT2D eigenvalue weighted by molar-refractivity contribution is 0.0388. The van der Waals surface area contributed by atoms with Gasteiger partial charge in [-0.3, -0.25) is 0 Å². The molecule has 0 aliphatic carbocycles. The molecule has 0 saturated carbocycles. The summed E-state index contributed by atoms with van der Waals surface area (Å²) in [7, 11) is 0. The maximum absolute atomic E-state index is 15.3. The van der Waals surface area contributed by atoms with Gasteiger partial charge < -0.3 is 9.47 Å². The molecule has 0 amide bonds. The van der Waals surface area contributed by atoms with Crippen LogP contribution >= 0.6 is 11.6 Å². The summed E-state index contributed by atoms with van der Waals surface area (Å²) < 4.78 is 26.3. The quantitative estimate of drug-likeness (QED) is 0.603. The van der Waals surface area contributed by atoms with E-state index in [1.807, 2.05) is 6.07 Å². The first kappa shape index (κ1) is 19.4. The Labute approximate surface area is 169 Å². The number of fused-ring (bicyclic) bond motifs is 1. The van der Waals surface area contributed by atoms with Crippen molar-refractivity contribution in [3.63, 3.8) is 0 Å². The minimum atomic E-state index is -0.732. The van der Waals surface area contributed by atoms with Crippen LogP contribution in [0.25, 0.3) is 0 Å². The van der Waals surface area contributed by atoms with Gasteiger partial charge in [0.05, 0.1) is 5.56 Å². The number of hydrogen-bond donors (Lipinski definition) is 0. The smallest absolute Gasteiger partial charge is 0.339 e. The van der Waals surface area contributed by atoms with Crippen LogP contribution < -0.4 is 0 Å². The second kappa shape index (κ2) is 7.49. The van der Waals surface area contributed by atoms with Gasteiger partial charge in [0.25, 0.3) is 0 Å². The van der Waals surface area contributed by atoms with E-state index in [-0.39, 0.29) is 11.2 Å². The second-order valence-corrected chi connectivity index (χ2v) is 8.35. The van der Waals surface area contributed by atoms with E-state index in [9.17, 15) is 4.79 Å². The van der Waals surface area contributed by atoms with Crippen molar-refractivity contribution in [2.75, 3.05) is 13.2 Å². The van der Waals surface area contributed by atoms with Crippen molar-refractivity contribution < 1.29 is 18.7 Å². The van der Waals surface area contributed by atoms with Crippen molar-refractivity contribution in [1.29, 1.82) is 0 Å². The van der Waals surface area contributed by atoms with Crippen LogP contribution in [0.5, 0.6) is 0 Å². The Morgan fingerprint density at radius 1 is 1.18 bits per heavy atom. The molecule has 0 N–H and O–H groups in total. The van der Waals surface area contributed by atoms with Crippen LogP contribution in [-0.2, 0) is 14.9 Å². The zero-order valence-corrected chi connectivity index (χ0v) is 16.9. The number of carbonyl (C=O) groups is 1. The van der Waals surface area contributed by atoms with Gasteiger partial charge in [-0.25, -0.2) is 9.18 Å². The zero-order valence-electron chi connectivity index (χ0n) is 16.1. The van der Waals surface area contributed by atoms with Crippen molar-refractivity contribution in [3.8, 4) is 0 Å². The highest BCUT2D eigenvalue weighted by Gasteiger charge is 2.40. The summed E-state index contributed by atoms with van der Waals surface area (Å²) in [5.74, 6) is -0.459. The summed E-state index contributed by atoms with van der Waals surface area (Å²) in [6.45, 7) is 5.75. The fourth-order valence-corrected chi connectivity index (χ4v) is 4.67. The molecule has 28 heavy (non-hydrogen) atoms. The summed E-state index contributed by atoms with van der Waals surface area (Å²) in [4.78, 5) is 12.6. The largest absolute Gasteiger partial charge is 0.449 e. The van der Waals surface area contributed by atoms with E-state index in [0.29, 0.717) is 27.6 Å². The van der Waals surface area contributed by atoms with E-state index in [1.165, 1.54) is 0 Å². The van der Waals surface area contributed by atoms with Crippen LogP contribution in [0.1, 0.15) is 66.3 Å². The standard InChI is InChI=1S/C23H24ClFO3/c1-3-23(2,15-8-10-27-11-9-15)16-12-18-20(19(25)13-16)21(28-22(18)26)14-4-6-17(24)7-5-14/h4-7,12-13,15,21H,3,8-11H2,1-2H3. The topological polar surface area (TPSA) is 35.5 Å². The third-order valence-corrected chi connectivity index (χ3v) is 6.78. The fraction of sp³-hybridized carbons (Fsp3) is 0.435. The first-order chi connectivity index (χ1) is 13.4. The van der Waals surface area contributed by atoms with Crippen LogP contribution in [0, 0.1) is 11.7 Å². The molecule has 3 nitrogen and oxygen atoms in total. The average molecular weight is 403 g/mol. The van der Waals surface area contributed by atoms with E-state index in [1.54, 1.807) is 30.3 Å². The minimum Gasteiger partial charge on any atom is -0.449 e. The maximum Gasteiger partial charge on any atom is 0.339 e. The van der Waals surface area contributed by atoms with Gasteiger partial charge >= 0.3 is 5.97 Å². The SMILES string of the molecule is CCC(C)(c1cc(F)c2c(c1)C(=O)OC2c1ccc(Cl)cc1)C1CCOCC1. The van der Waals surface area contributed by atoms with Gasteiger partial charge in [-0.2, -0.15) is 0 Å². The minimum absolute atomic E-state index is 0.210. The molecule has 2 unspecified atom stereocenters. The van der Waals surface area contributed by atoms with E-state index >= 15 is 4.39 Å².